The molecule has 0 aliphatic heterocycles. The molecule has 1 aliphatic carbocycles. The lowest BCUT2D eigenvalue weighted by atomic mass is 10.2. The fraction of sp³-hybridized carbons (Fsp3) is 0.318. The quantitative estimate of drug-likeness (QED) is 0.444. The van der Waals surface area contributed by atoms with E-state index in [1.165, 1.54) is 22.8 Å². The van der Waals surface area contributed by atoms with Crippen LogP contribution in [0.15, 0.2) is 46.0 Å². The van der Waals surface area contributed by atoms with Crippen molar-refractivity contribution in [3.05, 3.63) is 73.2 Å². The fourth-order valence-corrected chi connectivity index (χ4v) is 3.59. The number of carbonyl (C=O) groups is 1. The minimum atomic E-state index is -1.04. The molecule has 1 aromatic heterocycles. The second-order valence-electron chi connectivity index (χ2n) is 8.22. The second kappa shape index (κ2) is 8.49. The van der Waals surface area contributed by atoms with E-state index in [4.69, 9.17) is 4.74 Å². The molecule has 2 aromatic carbocycles. The minimum absolute atomic E-state index is 0.0136. The highest BCUT2D eigenvalue weighted by Gasteiger charge is 2.26. The summed E-state index contributed by atoms with van der Waals surface area (Å²) < 4.78 is 22.4. The summed E-state index contributed by atoms with van der Waals surface area (Å²) in [5.41, 5.74) is -1.38. The summed E-state index contributed by atoms with van der Waals surface area (Å²) in [7, 11) is 0. The van der Waals surface area contributed by atoms with Crippen molar-refractivity contribution in [2.45, 2.75) is 39.3 Å². The Bertz CT molecular complexity index is 1370. The Balaban J connectivity index is 1.68. The van der Waals surface area contributed by atoms with Crippen molar-refractivity contribution in [3.63, 3.8) is 0 Å². The Hall–Kier alpha value is -4.02. The van der Waals surface area contributed by atoms with Gasteiger partial charge in [-0.25, -0.2) is 14.0 Å². The molecule has 1 heterocycles. The largest absolute Gasteiger partial charge is 0.417 e. The topological polar surface area (TPSA) is 125 Å². The molecule has 1 aliphatic rings. The van der Waals surface area contributed by atoms with Crippen molar-refractivity contribution in [3.8, 4) is 5.75 Å². The van der Waals surface area contributed by atoms with Gasteiger partial charge in [0, 0.05) is 30.8 Å². The van der Waals surface area contributed by atoms with Crippen LogP contribution < -0.4 is 21.3 Å². The number of nitro benzene ring substituents is 1. The van der Waals surface area contributed by atoms with Gasteiger partial charge in [-0.15, -0.1) is 0 Å². The van der Waals surface area contributed by atoms with E-state index >= 15 is 0 Å². The summed E-state index contributed by atoms with van der Waals surface area (Å²) in [5, 5.41) is 13.1. The molecule has 0 radical (unpaired) electrons. The summed E-state index contributed by atoms with van der Waals surface area (Å²) >= 11 is 0. The maximum atomic E-state index is 14.8. The predicted octanol–water partition coefficient (Wildman–Crippen LogP) is 3.81. The number of non-ortho nitro benzene ring substituents is 1. The third-order valence-electron chi connectivity index (χ3n) is 5.41. The van der Waals surface area contributed by atoms with Crippen molar-refractivity contribution in [2.75, 3.05) is 5.32 Å². The Morgan fingerprint density at radius 3 is 2.48 bits per heavy atom. The second-order valence-corrected chi connectivity index (χ2v) is 8.22. The first-order valence-electron chi connectivity index (χ1n) is 10.4. The van der Waals surface area contributed by atoms with E-state index in [-0.39, 0.29) is 40.0 Å². The molecule has 1 fully saturated rings. The number of anilines is 1. The first kappa shape index (κ1) is 22.2. The number of benzene rings is 2. The van der Waals surface area contributed by atoms with Crippen molar-refractivity contribution in [1.82, 2.24) is 9.13 Å². The number of carbonyl (C=O) groups excluding carboxylic acids is 1. The van der Waals surface area contributed by atoms with Crippen LogP contribution in [0.5, 0.6) is 5.75 Å². The summed E-state index contributed by atoms with van der Waals surface area (Å²) in [6, 6.07) is 6.68. The number of halogens is 1. The Kier molecular flexibility index (Phi) is 5.71. The molecule has 3 aromatic rings. The minimum Gasteiger partial charge on any atom is -0.410 e. The van der Waals surface area contributed by atoms with E-state index in [0.717, 1.165) is 35.6 Å². The molecule has 4 rings (SSSR count). The van der Waals surface area contributed by atoms with Gasteiger partial charge in [-0.1, -0.05) is 0 Å². The number of hydrogen-bond acceptors (Lipinski definition) is 6. The lowest BCUT2D eigenvalue weighted by Gasteiger charge is -2.18. The number of hydrogen-bond donors (Lipinski definition) is 1. The molecule has 0 saturated heterocycles. The van der Waals surface area contributed by atoms with Crippen molar-refractivity contribution in [1.29, 1.82) is 0 Å². The van der Waals surface area contributed by atoms with Gasteiger partial charge in [-0.3, -0.25) is 29.4 Å². The highest BCUT2D eigenvalue weighted by molar-refractivity contribution is 5.91. The van der Waals surface area contributed by atoms with Gasteiger partial charge in [-0.05, 0) is 50.8 Å². The van der Waals surface area contributed by atoms with Crippen LogP contribution in [0.2, 0.25) is 0 Å². The molecule has 1 saturated carbocycles. The van der Waals surface area contributed by atoms with Crippen molar-refractivity contribution >= 4 is 28.4 Å². The van der Waals surface area contributed by atoms with Crippen LogP contribution >= 0.6 is 0 Å². The van der Waals surface area contributed by atoms with Crippen LogP contribution in [-0.4, -0.2) is 20.2 Å². The molecule has 0 unspecified atom stereocenters. The Morgan fingerprint density at radius 2 is 1.91 bits per heavy atom. The van der Waals surface area contributed by atoms with Gasteiger partial charge in [0.2, 0.25) is 0 Å². The van der Waals surface area contributed by atoms with Crippen molar-refractivity contribution < 1.29 is 18.8 Å². The number of aromatic nitrogens is 2. The normalized spacial score (nSPS) is 13.3. The highest BCUT2D eigenvalue weighted by Crippen LogP contribution is 2.30. The zero-order valence-electron chi connectivity index (χ0n) is 17.9. The highest BCUT2D eigenvalue weighted by atomic mass is 19.1. The lowest BCUT2D eigenvalue weighted by Crippen LogP contribution is -2.41. The van der Waals surface area contributed by atoms with Crippen LogP contribution in [0, 0.1) is 21.8 Å². The average molecular weight is 456 g/mol. The summed E-state index contributed by atoms with van der Waals surface area (Å²) in [5.74, 6) is -0.570. The first-order valence-corrected chi connectivity index (χ1v) is 10.4. The maximum absolute atomic E-state index is 14.8. The lowest BCUT2D eigenvalue weighted by molar-refractivity contribution is -0.384. The number of amides is 1. The monoisotopic (exact) mass is 456 g/mol. The molecule has 33 heavy (non-hydrogen) atoms. The van der Waals surface area contributed by atoms with E-state index in [2.05, 4.69) is 5.32 Å². The molecule has 1 N–H and O–H groups in total. The van der Waals surface area contributed by atoms with E-state index in [1.54, 1.807) is 13.8 Å². The third-order valence-corrected chi connectivity index (χ3v) is 5.41. The van der Waals surface area contributed by atoms with E-state index < -0.39 is 28.1 Å². The first-order chi connectivity index (χ1) is 15.7. The summed E-state index contributed by atoms with van der Waals surface area (Å²) in [4.78, 5) is 48.3. The molecule has 1 amide bonds. The molecular weight excluding hydrogens is 435 g/mol. The molecule has 11 heteroatoms. The molecule has 0 spiro atoms. The SMILES string of the molecule is CC(C)n1c(=O)n(CC2CC2)c(=O)c2cc(NC(=O)Oc3ccc([N+](=O)[O-])cc3)c(F)cc21. The van der Waals surface area contributed by atoms with Gasteiger partial charge in [-0.2, -0.15) is 0 Å². The molecular formula is C22H21FN4O6. The number of nitrogens with zero attached hydrogens (tertiary/aromatic N) is 3. The smallest absolute Gasteiger partial charge is 0.410 e. The van der Waals surface area contributed by atoms with Crippen LogP contribution in [0.1, 0.15) is 32.7 Å². The number of fused-ring (bicyclic) bond motifs is 1. The van der Waals surface area contributed by atoms with Gasteiger partial charge < -0.3 is 4.74 Å². The maximum Gasteiger partial charge on any atom is 0.417 e. The van der Waals surface area contributed by atoms with Crippen molar-refractivity contribution in [2.24, 2.45) is 5.92 Å². The van der Waals surface area contributed by atoms with Crippen LogP contribution in [0.25, 0.3) is 10.9 Å². The van der Waals surface area contributed by atoms with E-state index in [0.29, 0.717) is 6.54 Å². The zero-order valence-corrected chi connectivity index (χ0v) is 17.9. The van der Waals surface area contributed by atoms with Crippen LogP contribution in [-0.2, 0) is 6.54 Å². The standard InChI is InChI=1S/C22H21FN4O6/c1-12(2)26-19-10-17(23)18(9-16(19)20(28)25(22(26)30)11-13-3-4-13)24-21(29)33-15-7-5-14(6-8-15)27(31)32/h5-10,12-13H,3-4,11H2,1-2H3,(H,24,29). The van der Waals surface area contributed by atoms with Crippen LogP contribution in [0.4, 0.5) is 20.6 Å². The van der Waals surface area contributed by atoms with Crippen LogP contribution in [0.3, 0.4) is 0 Å². The Morgan fingerprint density at radius 1 is 1.24 bits per heavy atom. The Labute approximate surface area is 186 Å². The van der Waals surface area contributed by atoms with E-state index in [9.17, 15) is 28.9 Å². The number of rotatable bonds is 6. The number of nitro groups is 1. The number of nitrogens with one attached hydrogen (secondary N) is 1. The van der Waals surface area contributed by atoms with E-state index in [1.807, 2.05) is 0 Å². The molecule has 10 nitrogen and oxygen atoms in total. The summed E-state index contributed by atoms with van der Waals surface area (Å²) in [6.45, 7) is 3.82. The fourth-order valence-electron chi connectivity index (χ4n) is 3.59. The number of ether oxygens (including phenoxy) is 1. The average Bonchev–Trinajstić information content (AvgIpc) is 3.57. The zero-order chi connectivity index (χ0) is 23.9. The third kappa shape index (κ3) is 4.47. The molecule has 0 bridgehead atoms. The van der Waals surface area contributed by atoms with Gasteiger partial charge in [0.05, 0.1) is 21.5 Å². The van der Waals surface area contributed by atoms with Gasteiger partial charge in [0.25, 0.3) is 11.2 Å². The van der Waals surface area contributed by atoms with Gasteiger partial charge in [0.1, 0.15) is 11.6 Å². The van der Waals surface area contributed by atoms with Gasteiger partial charge >= 0.3 is 11.8 Å². The summed E-state index contributed by atoms with van der Waals surface area (Å²) in [6.07, 6.45) is 0.838. The van der Waals surface area contributed by atoms with Gasteiger partial charge in [0.15, 0.2) is 0 Å². The molecule has 172 valence electrons. The molecule has 0 atom stereocenters. The predicted molar refractivity (Wildman–Crippen MR) is 118 cm³/mol.